The average molecular weight is 282 g/mol. The van der Waals surface area contributed by atoms with E-state index < -0.39 is 11.9 Å². The molecule has 0 heterocycles. The van der Waals surface area contributed by atoms with E-state index in [0.717, 1.165) is 24.0 Å². The number of hydrogen-bond donors (Lipinski definition) is 2. The molecule has 4 nitrogen and oxygen atoms in total. The lowest BCUT2D eigenvalue weighted by atomic mass is 9.87. The number of aryl methyl sites for hydroxylation is 1. The lowest BCUT2D eigenvalue weighted by Crippen LogP contribution is -2.13. The molecule has 1 unspecified atom stereocenters. The first-order valence-corrected chi connectivity index (χ1v) is 6.77. The fraction of sp³-hybridized carbons (Fsp3) is 0.176. The van der Waals surface area contributed by atoms with Gasteiger partial charge in [0.25, 0.3) is 0 Å². The molecule has 2 aromatic rings. The molecule has 1 aliphatic rings. The lowest BCUT2D eigenvalue weighted by molar-refractivity contribution is 0.0650. The minimum Gasteiger partial charge on any atom is -0.478 e. The van der Waals surface area contributed by atoms with Crippen molar-refractivity contribution in [1.29, 1.82) is 0 Å². The van der Waals surface area contributed by atoms with Crippen LogP contribution < -0.4 is 0 Å². The Hall–Kier alpha value is -2.62. The maximum absolute atomic E-state index is 11.6. The topological polar surface area (TPSA) is 74.6 Å². The highest BCUT2D eigenvalue weighted by molar-refractivity contribution is 6.03. The summed E-state index contributed by atoms with van der Waals surface area (Å²) in [5, 5.41) is 18.7. The number of rotatable bonds is 3. The molecule has 0 spiro atoms. The van der Waals surface area contributed by atoms with Gasteiger partial charge in [-0.1, -0.05) is 36.4 Å². The largest absolute Gasteiger partial charge is 0.478 e. The predicted molar refractivity (Wildman–Crippen MR) is 77.0 cm³/mol. The maximum atomic E-state index is 11.6. The van der Waals surface area contributed by atoms with Crippen molar-refractivity contribution in [2.24, 2.45) is 0 Å². The fourth-order valence-electron chi connectivity index (χ4n) is 3.15. The van der Waals surface area contributed by atoms with E-state index >= 15 is 0 Å². The Morgan fingerprint density at radius 2 is 1.67 bits per heavy atom. The van der Waals surface area contributed by atoms with E-state index in [-0.39, 0.29) is 17.0 Å². The van der Waals surface area contributed by atoms with E-state index in [1.54, 1.807) is 6.07 Å². The Morgan fingerprint density at radius 3 is 2.29 bits per heavy atom. The summed E-state index contributed by atoms with van der Waals surface area (Å²) in [6.07, 6.45) is 1.58. The zero-order chi connectivity index (χ0) is 15.0. The van der Waals surface area contributed by atoms with E-state index in [0.29, 0.717) is 5.56 Å². The Balaban J connectivity index is 2.23. The van der Waals surface area contributed by atoms with Crippen LogP contribution >= 0.6 is 0 Å². The number of fused-ring (bicyclic) bond motifs is 1. The van der Waals surface area contributed by atoms with Gasteiger partial charge in [0.2, 0.25) is 0 Å². The molecule has 106 valence electrons. The molecule has 0 bridgehead atoms. The second-order valence-electron chi connectivity index (χ2n) is 5.17. The number of carboxylic acids is 2. The second kappa shape index (κ2) is 5.05. The summed E-state index contributed by atoms with van der Waals surface area (Å²) in [5.74, 6) is -2.42. The summed E-state index contributed by atoms with van der Waals surface area (Å²) in [6, 6.07) is 12.8. The zero-order valence-electron chi connectivity index (χ0n) is 11.2. The summed E-state index contributed by atoms with van der Waals surface area (Å²) in [5.41, 5.74) is 2.43. The highest BCUT2D eigenvalue weighted by Gasteiger charge is 2.32. The highest BCUT2D eigenvalue weighted by atomic mass is 16.4. The predicted octanol–water partition coefficient (Wildman–Crippen LogP) is 3.16. The van der Waals surface area contributed by atoms with Crippen molar-refractivity contribution in [2.45, 2.75) is 18.8 Å². The van der Waals surface area contributed by atoms with Crippen molar-refractivity contribution in [3.05, 3.63) is 70.3 Å². The molecule has 21 heavy (non-hydrogen) atoms. The molecule has 0 amide bonds. The van der Waals surface area contributed by atoms with Gasteiger partial charge in [-0.2, -0.15) is 0 Å². The molecule has 2 aromatic carbocycles. The van der Waals surface area contributed by atoms with Crippen molar-refractivity contribution in [2.75, 3.05) is 0 Å². The van der Waals surface area contributed by atoms with Gasteiger partial charge in [-0.3, -0.25) is 0 Å². The second-order valence-corrected chi connectivity index (χ2v) is 5.17. The van der Waals surface area contributed by atoms with Crippen LogP contribution in [0.1, 0.15) is 49.7 Å². The van der Waals surface area contributed by atoms with Gasteiger partial charge in [0.15, 0.2) is 0 Å². The number of benzene rings is 2. The van der Waals surface area contributed by atoms with Crippen LogP contribution in [0.25, 0.3) is 0 Å². The Morgan fingerprint density at radius 1 is 0.952 bits per heavy atom. The number of carboxylic acid groups (broad SMARTS) is 2. The van der Waals surface area contributed by atoms with Crippen LogP contribution in [0.15, 0.2) is 42.5 Å². The minimum atomic E-state index is -1.20. The fourth-order valence-corrected chi connectivity index (χ4v) is 3.15. The summed E-state index contributed by atoms with van der Waals surface area (Å²) >= 11 is 0. The first kappa shape index (κ1) is 13.4. The number of carbonyl (C=O) groups is 2. The minimum absolute atomic E-state index is 0.0494. The molecule has 0 aliphatic heterocycles. The van der Waals surface area contributed by atoms with Crippen molar-refractivity contribution in [1.82, 2.24) is 0 Å². The van der Waals surface area contributed by atoms with Crippen LogP contribution in [0.3, 0.4) is 0 Å². The van der Waals surface area contributed by atoms with Crippen LogP contribution in [0.2, 0.25) is 0 Å². The zero-order valence-corrected chi connectivity index (χ0v) is 11.2. The number of aromatic carboxylic acids is 2. The van der Waals surface area contributed by atoms with Gasteiger partial charge >= 0.3 is 11.9 Å². The van der Waals surface area contributed by atoms with E-state index in [1.165, 1.54) is 6.07 Å². The quantitative estimate of drug-likeness (QED) is 0.906. The van der Waals surface area contributed by atoms with Gasteiger partial charge in [-0.15, -0.1) is 0 Å². The third kappa shape index (κ3) is 2.18. The maximum Gasteiger partial charge on any atom is 0.336 e. The molecule has 0 aromatic heterocycles. The Kier molecular flexibility index (Phi) is 3.22. The van der Waals surface area contributed by atoms with Crippen LogP contribution in [0.5, 0.6) is 0 Å². The van der Waals surface area contributed by atoms with E-state index in [2.05, 4.69) is 0 Å². The molecule has 0 saturated carbocycles. The van der Waals surface area contributed by atoms with E-state index in [1.807, 2.05) is 30.3 Å². The lowest BCUT2D eigenvalue weighted by Gasteiger charge is -2.16. The average Bonchev–Trinajstić information content (AvgIpc) is 2.90. The molecule has 3 rings (SSSR count). The van der Waals surface area contributed by atoms with Crippen LogP contribution in [0, 0.1) is 0 Å². The van der Waals surface area contributed by atoms with Gasteiger partial charge in [0, 0.05) is 5.92 Å². The standard InChI is InChI=1S/C17H14O4/c18-16(19)13-9-7-11-6-8-12(10-4-2-1-3-5-10)14(11)15(13)17(20)21/h1-5,7,9,12H,6,8H2,(H,18,19)(H,20,21). The molecule has 0 saturated heterocycles. The van der Waals surface area contributed by atoms with Gasteiger partial charge in [-0.05, 0) is 35.6 Å². The summed E-state index contributed by atoms with van der Waals surface area (Å²) in [6.45, 7) is 0. The van der Waals surface area contributed by atoms with Crippen LogP contribution in [-0.4, -0.2) is 22.2 Å². The van der Waals surface area contributed by atoms with Crippen molar-refractivity contribution in [3.63, 3.8) is 0 Å². The molecule has 1 aliphatic carbocycles. The van der Waals surface area contributed by atoms with Gasteiger partial charge in [0.1, 0.15) is 0 Å². The van der Waals surface area contributed by atoms with E-state index in [4.69, 9.17) is 0 Å². The first-order chi connectivity index (χ1) is 10.1. The molecule has 4 heteroatoms. The summed E-state index contributed by atoms with van der Waals surface area (Å²) in [7, 11) is 0. The molecule has 1 atom stereocenters. The van der Waals surface area contributed by atoms with Gasteiger partial charge in [-0.25, -0.2) is 9.59 Å². The van der Waals surface area contributed by atoms with Crippen molar-refractivity contribution in [3.8, 4) is 0 Å². The number of hydrogen-bond acceptors (Lipinski definition) is 2. The van der Waals surface area contributed by atoms with Gasteiger partial charge < -0.3 is 10.2 Å². The molecule has 0 radical (unpaired) electrons. The summed E-state index contributed by atoms with van der Waals surface area (Å²) in [4.78, 5) is 22.9. The third-order valence-electron chi connectivity index (χ3n) is 4.03. The van der Waals surface area contributed by atoms with Gasteiger partial charge in [0.05, 0.1) is 11.1 Å². The highest BCUT2D eigenvalue weighted by Crippen LogP contribution is 2.41. The molecular weight excluding hydrogens is 268 g/mol. The van der Waals surface area contributed by atoms with Crippen LogP contribution in [0.4, 0.5) is 0 Å². The molecule has 0 fully saturated rings. The first-order valence-electron chi connectivity index (χ1n) is 6.77. The smallest absolute Gasteiger partial charge is 0.336 e. The van der Waals surface area contributed by atoms with Crippen molar-refractivity contribution >= 4 is 11.9 Å². The van der Waals surface area contributed by atoms with E-state index in [9.17, 15) is 19.8 Å². The van der Waals surface area contributed by atoms with Crippen LogP contribution in [-0.2, 0) is 6.42 Å². The Labute approximate surface area is 121 Å². The SMILES string of the molecule is O=C(O)c1ccc2c(c1C(=O)O)C(c1ccccc1)CC2. The normalized spacial score (nSPS) is 16.5. The molecule has 2 N–H and O–H groups in total. The summed E-state index contributed by atoms with van der Waals surface area (Å²) < 4.78 is 0. The molecular formula is C17H14O4. The third-order valence-corrected chi connectivity index (χ3v) is 4.03. The van der Waals surface area contributed by atoms with Crippen molar-refractivity contribution < 1.29 is 19.8 Å². The Bertz CT molecular complexity index is 719. The monoisotopic (exact) mass is 282 g/mol.